The number of halogens is 2. The van der Waals surface area contributed by atoms with E-state index in [0.29, 0.717) is 25.9 Å². The van der Waals surface area contributed by atoms with Crippen molar-refractivity contribution in [1.82, 2.24) is 20.4 Å². The van der Waals surface area contributed by atoms with Crippen LogP contribution >= 0.6 is 0 Å². The number of nitrogens with zero attached hydrogens (tertiary/aromatic N) is 3. The number of piperidine rings is 1. The largest absolute Gasteiger partial charge is 0.336 e. The number of nitrogens with one attached hydrogen (secondary N) is 2. The van der Waals surface area contributed by atoms with Gasteiger partial charge in [0.15, 0.2) is 0 Å². The number of nitriles is 1. The quantitative estimate of drug-likeness (QED) is 0.701. The van der Waals surface area contributed by atoms with E-state index in [4.69, 9.17) is 5.26 Å². The zero-order chi connectivity index (χ0) is 20.9. The van der Waals surface area contributed by atoms with Crippen LogP contribution in [0.1, 0.15) is 51.9 Å². The fourth-order valence-corrected chi connectivity index (χ4v) is 4.53. The van der Waals surface area contributed by atoms with Gasteiger partial charge in [0.05, 0.1) is 6.07 Å². The van der Waals surface area contributed by atoms with E-state index < -0.39 is 35.9 Å². The number of rotatable bonds is 6. The molecule has 4 fully saturated rings. The minimum absolute atomic E-state index is 0.289. The Bertz CT molecular complexity index is 707. The molecule has 0 radical (unpaired) electrons. The van der Waals surface area contributed by atoms with Gasteiger partial charge in [-0.25, -0.2) is 13.6 Å². The molecule has 2 N–H and O–H groups in total. The Morgan fingerprint density at radius 2 is 1.83 bits per heavy atom. The van der Waals surface area contributed by atoms with E-state index in [1.807, 2.05) is 6.07 Å². The van der Waals surface area contributed by atoms with Crippen LogP contribution in [0.5, 0.6) is 0 Å². The molecule has 1 spiro atoms. The molecule has 0 aromatic carbocycles. The molecule has 160 valence electrons. The van der Waals surface area contributed by atoms with Crippen LogP contribution in [0.3, 0.4) is 0 Å². The van der Waals surface area contributed by atoms with Crippen LogP contribution < -0.4 is 10.6 Å². The Kier molecular flexibility index (Phi) is 4.96. The molecule has 0 unspecified atom stereocenters. The van der Waals surface area contributed by atoms with E-state index in [9.17, 15) is 18.4 Å². The Morgan fingerprint density at radius 1 is 1.21 bits per heavy atom. The topological polar surface area (TPSA) is 88.5 Å². The third-order valence-electron chi connectivity index (χ3n) is 6.75. The van der Waals surface area contributed by atoms with Crippen LogP contribution in [0.25, 0.3) is 0 Å². The molecule has 9 heteroatoms. The predicted molar refractivity (Wildman–Crippen MR) is 101 cm³/mol. The summed E-state index contributed by atoms with van der Waals surface area (Å²) in [5.74, 6) is -3.82. The summed E-state index contributed by atoms with van der Waals surface area (Å²) < 4.78 is 27.2. The monoisotopic (exact) mass is 409 g/mol. The van der Waals surface area contributed by atoms with Gasteiger partial charge in [0.2, 0.25) is 11.8 Å². The van der Waals surface area contributed by atoms with Gasteiger partial charge < -0.3 is 15.5 Å². The summed E-state index contributed by atoms with van der Waals surface area (Å²) in [4.78, 5) is 29.3. The Balaban J connectivity index is 1.30. The molecule has 0 aromatic rings. The van der Waals surface area contributed by atoms with E-state index >= 15 is 0 Å². The average Bonchev–Trinajstić information content (AvgIpc) is 3.53. The van der Waals surface area contributed by atoms with Gasteiger partial charge in [0.1, 0.15) is 11.6 Å². The third kappa shape index (κ3) is 4.63. The molecule has 3 amide bonds. The molecular weight excluding hydrogens is 380 g/mol. The lowest BCUT2D eigenvalue weighted by atomic mass is 9.72. The molecule has 2 aliphatic heterocycles. The molecule has 2 heterocycles. The summed E-state index contributed by atoms with van der Waals surface area (Å²) in [6.45, 7) is 4.06. The van der Waals surface area contributed by atoms with Crippen molar-refractivity contribution in [3.63, 3.8) is 0 Å². The first-order valence-electron chi connectivity index (χ1n) is 10.5. The van der Waals surface area contributed by atoms with Crippen molar-refractivity contribution in [2.24, 2.45) is 5.41 Å². The van der Waals surface area contributed by atoms with Gasteiger partial charge in [-0.15, -0.1) is 0 Å². The summed E-state index contributed by atoms with van der Waals surface area (Å²) in [5, 5.41) is 14.1. The Labute approximate surface area is 169 Å². The lowest BCUT2D eigenvalue weighted by Crippen LogP contribution is -2.62. The van der Waals surface area contributed by atoms with E-state index in [1.165, 1.54) is 12.8 Å². The molecule has 2 saturated heterocycles. The Hall–Kier alpha value is -1.95. The maximum atomic E-state index is 13.6. The van der Waals surface area contributed by atoms with Gasteiger partial charge in [0, 0.05) is 38.6 Å². The van der Waals surface area contributed by atoms with Gasteiger partial charge in [-0.2, -0.15) is 5.26 Å². The summed E-state index contributed by atoms with van der Waals surface area (Å²) in [6.07, 6.45) is 4.62. The highest BCUT2D eigenvalue weighted by Crippen LogP contribution is 2.45. The summed E-state index contributed by atoms with van der Waals surface area (Å²) in [7, 11) is 0. The zero-order valence-corrected chi connectivity index (χ0v) is 16.8. The standard InChI is InChI=1S/C20H29F2N5O2/c1-18(21,22)10-15(16(28)25-20(11-23)4-5-20)24-17(29)26-8-6-19(7-9-26)12-27(13-19)14-2-3-14/h14-15H,2-10,12-13H2,1H3,(H,24,29)(H,25,28)/t15-/m0/s1. The second-order valence-electron chi connectivity index (χ2n) is 9.58. The fourth-order valence-electron chi connectivity index (χ4n) is 4.53. The molecule has 0 bridgehead atoms. The van der Waals surface area contributed by atoms with Crippen molar-refractivity contribution in [2.75, 3.05) is 26.2 Å². The molecule has 29 heavy (non-hydrogen) atoms. The molecular formula is C20H29F2N5O2. The number of urea groups is 1. The van der Waals surface area contributed by atoms with Crippen LogP contribution in [-0.4, -0.2) is 71.5 Å². The minimum atomic E-state index is -3.11. The summed E-state index contributed by atoms with van der Waals surface area (Å²) >= 11 is 0. The molecule has 1 atom stereocenters. The first-order valence-corrected chi connectivity index (χ1v) is 10.5. The SMILES string of the molecule is CC(F)(F)C[C@H](NC(=O)N1CCC2(CC1)CN(C1CC1)C2)C(=O)NC1(C#N)CC1. The number of likely N-dealkylation sites (tertiary alicyclic amines) is 2. The van der Waals surface area contributed by atoms with Gasteiger partial charge in [-0.1, -0.05) is 0 Å². The second kappa shape index (κ2) is 7.08. The minimum Gasteiger partial charge on any atom is -0.336 e. The normalized spacial score (nSPS) is 26.2. The van der Waals surface area contributed by atoms with E-state index in [-0.39, 0.29) is 5.41 Å². The fraction of sp³-hybridized carbons (Fsp3) is 0.850. The number of amides is 3. The zero-order valence-electron chi connectivity index (χ0n) is 16.8. The van der Waals surface area contributed by atoms with Gasteiger partial charge in [-0.05, 0) is 50.9 Å². The molecule has 4 rings (SSSR count). The van der Waals surface area contributed by atoms with Gasteiger partial charge >= 0.3 is 6.03 Å². The van der Waals surface area contributed by atoms with Crippen molar-refractivity contribution in [1.29, 1.82) is 5.26 Å². The van der Waals surface area contributed by atoms with Crippen LogP contribution in [-0.2, 0) is 4.79 Å². The van der Waals surface area contributed by atoms with Gasteiger partial charge in [-0.3, -0.25) is 9.69 Å². The lowest BCUT2D eigenvalue weighted by Gasteiger charge is -2.54. The summed E-state index contributed by atoms with van der Waals surface area (Å²) in [5.41, 5.74) is -0.671. The maximum Gasteiger partial charge on any atom is 0.318 e. The molecule has 4 aliphatic rings. The van der Waals surface area contributed by atoms with E-state index in [1.54, 1.807) is 4.90 Å². The molecule has 7 nitrogen and oxygen atoms in total. The van der Waals surface area contributed by atoms with Crippen molar-refractivity contribution in [2.45, 2.75) is 75.4 Å². The van der Waals surface area contributed by atoms with Crippen molar-refractivity contribution < 1.29 is 18.4 Å². The lowest BCUT2D eigenvalue weighted by molar-refractivity contribution is -0.126. The summed E-state index contributed by atoms with van der Waals surface area (Å²) in [6, 6.07) is 0.928. The average molecular weight is 409 g/mol. The highest BCUT2D eigenvalue weighted by atomic mass is 19.3. The van der Waals surface area contributed by atoms with Crippen LogP contribution in [0.2, 0.25) is 0 Å². The predicted octanol–water partition coefficient (Wildman–Crippen LogP) is 1.84. The molecule has 2 saturated carbocycles. The molecule has 0 aromatic heterocycles. The number of carbonyl (C=O) groups excluding carboxylic acids is 2. The van der Waals surface area contributed by atoms with Crippen LogP contribution in [0.15, 0.2) is 0 Å². The number of carbonyl (C=O) groups is 2. The van der Waals surface area contributed by atoms with E-state index in [2.05, 4.69) is 15.5 Å². The second-order valence-corrected chi connectivity index (χ2v) is 9.58. The van der Waals surface area contributed by atoms with Gasteiger partial charge in [0.25, 0.3) is 0 Å². The van der Waals surface area contributed by atoms with Crippen LogP contribution in [0.4, 0.5) is 13.6 Å². The Morgan fingerprint density at radius 3 is 2.31 bits per heavy atom. The number of hydrogen-bond acceptors (Lipinski definition) is 4. The maximum absolute atomic E-state index is 13.6. The first-order chi connectivity index (χ1) is 13.6. The van der Waals surface area contributed by atoms with Crippen molar-refractivity contribution >= 4 is 11.9 Å². The molecule has 2 aliphatic carbocycles. The smallest absolute Gasteiger partial charge is 0.318 e. The number of hydrogen-bond donors (Lipinski definition) is 2. The highest BCUT2D eigenvalue weighted by Gasteiger charge is 2.50. The van der Waals surface area contributed by atoms with E-state index in [0.717, 1.165) is 38.9 Å². The highest BCUT2D eigenvalue weighted by molar-refractivity contribution is 5.88. The van der Waals surface area contributed by atoms with Crippen molar-refractivity contribution in [3.8, 4) is 6.07 Å². The van der Waals surface area contributed by atoms with Crippen LogP contribution in [0, 0.1) is 16.7 Å². The number of alkyl halides is 2. The third-order valence-corrected chi connectivity index (χ3v) is 6.75. The first kappa shape index (κ1) is 20.3. The van der Waals surface area contributed by atoms with Crippen molar-refractivity contribution in [3.05, 3.63) is 0 Å².